The molecule has 0 saturated heterocycles. The van der Waals surface area contributed by atoms with Crippen LogP contribution in [0.15, 0.2) is 84.9 Å². The zero-order valence-corrected chi connectivity index (χ0v) is 14.5. The molecule has 3 rings (SSSR count). The minimum Gasteiger partial charge on any atom is -0.378 e. The van der Waals surface area contributed by atoms with Gasteiger partial charge in [0.05, 0.1) is 5.57 Å². The van der Waals surface area contributed by atoms with Crippen molar-refractivity contribution < 1.29 is 0 Å². The molecule has 0 spiro atoms. The maximum atomic E-state index is 9.90. The fraction of sp³-hybridized carbons (Fsp3) is 0.0870. The number of nitrogens with zero attached hydrogens (tertiary/aromatic N) is 2. The van der Waals surface area contributed by atoms with Gasteiger partial charge in [-0.15, -0.1) is 0 Å². The standard InChI is InChI=1S/C23H20N2/c1-25(2)21-15-13-20(14-16-21)23(19-11-7-4-8-12-19)22(17-24)18-9-5-3-6-10-18/h3-16H,1-2H3/b23-22+. The number of rotatable bonds is 4. The molecular weight excluding hydrogens is 304 g/mol. The summed E-state index contributed by atoms with van der Waals surface area (Å²) in [5, 5.41) is 9.90. The average molecular weight is 324 g/mol. The van der Waals surface area contributed by atoms with Crippen LogP contribution < -0.4 is 4.90 Å². The highest BCUT2D eigenvalue weighted by Gasteiger charge is 2.14. The quantitative estimate of drug-likeness (QED) is 0.485. The lowest BCUT2D eigenvalue weighted by molar-refractivity contribution is 1.13. The third-order valence-electron chi connectivity index (χ3n) is 4.16. The van der Waals surface area contributed by atoms with Crippen molar-refractivity contribution in [2.75, 3.05) is 19.0 Å². The predicted octanol–water partition coefficient (Wildman–Crippen LogP) is 5.24. The average Bonchev–Trinajstić information content (AvgIpc) is 2.67. The number of anilines is 1. The van der Waals surface area contributed by atoms with Crippen LogP contribution >= 0.6 is 0 Å². The van der Waals surface area contributed by atoms with Gasteiger partial charge in [-0.3, -0.25) is 0 Å². The smallest absolute Gasteiger partial charge is 0.100 e. The van der Waals surface area contributed by atoms with E-state index in [0.717, 1.165) is 28.0 Å². The number of benzene rings is 3. The number of hydrogen-bond donors (Lipinski definition) is 0. The van der Waals surface area contributed by atoms with Crippen LogP contribution in [0.3, 0.4) is 0 Å². The molecule has 3 aromatic rings. The minimum atomic E-state index is 0.685. The third-order valence-corrected chi connectivity index (χ3v) is 4.16. The van der Waals surface area contributed by atoms with Gasteiger partial charge in [-0.2, -0.15) is 5.26 Å². The summed E-state index contributed by atoms with van der Waals surface area (Å²) in [6.45, 7) is 0. The Hall–Kier alpha value is -3.31. The summed E-state index contributed by atoms with van der Waals surface area (Å²) in [6, 6.07) is 30.7. The van der Waals surface area contributed by atoms with E-state index in [1.165, 1.54) is 0 Å². The number of nitriles is 1. The molecule has 3 aromatic carbocycles. The van der Waals surface area contributed by atoms with Crippen molar-refractivity contribution in [3.05, 3.63) is 102 Å². The van der Waals surface area contributed by atoms with Gasteiger partial charge in [0.2, 0.25) is 0 Å². The lowest BCUT2D eigenvalue weighted by Gasteiger charge is -2.15. The molecule has 122 valence electrons. The molecule has 0 bridgehead atoms. The van der Waals surface area contributed by atoms with Crippen molar-refractivity contribution in [3.63, 3.8) is 0 Å². The van der Waals surface area contributed by atoms with Gasteiger partial charge in [0.15, 0.2) is 0 Å². The highest BCUT2D eigenvalue weighted by atomic mass is 15.1. The fourth-order valence-corrected chi connectivity index (χ4v) is 2.86. The Morgan fingerprint density at radius 2 is 1.16 bits per heavy atom. The van der Waals surface area contributed by atoms with E-state index in [1.807, 2.05) is 62.6 Å². The number of hydrogen-bond acceptors (Lipinski definition) is 2. The second kappa shape index (κ2) is 7.51. The van der Waals surface area contributed by atoms with Crippen molar-refractivity contribution in [1.29, 1.82) is 5.26 Å². The molecule has 0 aromatic heterocycles. The van der Waals surface area contributed by atoms with Gasteiger partial charge < -0.3 is 4.90 Å². The number of allylic oxidation sites excluding steroid dienone is 1. The Labute approximate surface area is 149 Å². The summed E-state index contributed by atoms with van der Waals surface area (Å²) in [7, 11) is 4.04. The van der Waals surface area contributed by atoms with Gasteiger partial charge in [-0.1, -0.05) is 72.8 Å². The van der Waals surface area contributed by atoms with Crippen molar-refractivity contribution in [2.24, 2.45) is 0 Å². The summed E-state index contributed by atoms with van der Waals surface area (Å²) in [5.74, 6) is 0. The summed E-state index contributed by atoms with van der Waals surface area (Å²) in [5.41, 5.74) is 5.79. The Morgan fingerprint density at radius 1 is 0.680 bits per heavy atom. The van der Waals surface area contributed by atoms with Crippen LogP contribution in [-0.2, 0) is 0 Å². The first kappa shape index (κ1) is 16.5. The van der Waals surface area contributed by atoms with E-state index < -0.39 is 0 Å². The molecule has 0 aliphatic rings. The first-order valence-electron chi connectivity index (χ1n) is 8.23. The molecule has 0 N–H and O–H groups in total. The molecule has 0 radical (unpaired) electrons. The van der Waals surface area contributed by atoms with Crippen LogP contribution in [0.1, 0.15) is 16.7 Å². The monoisotopic (exact) mass is 324 g/mol. The Kier molecular flexibility index (Phi) is 4.97. The Balaban J connectivity index is 2.23. The van der Waals surface area contributed by atoms with Crippen molar-refractivity contribution >= 4 is 16.8 Å². The lowest BCUT2D eigenvalue weighted by Crippen LogP contribution is -2.08. The molecule has 0 aliphatic heterocycles. The van der Waals surface area contributed by atoms with E-state index in [4.69, 9.17) is 0 Å². The first-order valence-corrected chi connectivity index (χ1v) is 8.23. The van der Waals surface area contributed by atoms with E-state index in [9.17, 15) is 5.26 Å². The summed E-state index contributed by atoms with van der Waals surface area (Å²) in [6.07, 6.45) is 0. The minimum absolute atomic E-state index is 0.685. The molecule has 0 fully saturated rings. The molecule has 2 nitrogen and oxygen atoms in total. The molecule has 0 heterocycles. The Bertz CT molecular complexity index is 900. The largest absolute Gasteiger partial charge is 0.378 e. The second-order valence-corrected chi connectivity index (χ2v) is 6.04. The fourth-order valence-electron chi connectivity index (χ4n) is 2.86. The van der Waals surface area contributed by atoms with Gasteiger partial charge in [-0.05, 0) is 28.8 Å². The van der Waals surface area contributed by atoms with Crippen LogP contribution in [-0.4, -0.2) is 14.1 Å². The molecule has 0 atom stereocenters. The highest BCUT2D eigenvalue weighted by molar-refractivity contribution is 6.03. The first-order chi connectivity index (χ1) is 12.2. The van der Waals surface area contributed by atoms with Crippen LogP contribution in [0.25, 0.3) is 11.1 Å². The van der Waals surface area contributed by atoms with E-state index in [2.05, 4.69) is 47.4 Å². The van der Waals surface area contributed by atoms with Gasteiger partial charge in [0.1, 0.15) is 6.07 Å². The van der Waals surface area contributed by atoms with Crippen LogP contribution in [0.2, 0.25) is 0 Å². The maximum Gasteiger partial charge on any atom is 0.100 e. The molecule has 25 heavy (non-hydrogen) atoms. The highest BCUT2D eigenvalue weighted by Crippen LogP contribution is 2.32. The summed E-state index contributed by atoms with van der Waals surface area (Å²) >= 11 is 0. The van der Waals surface area contributed by atoms with Crippen LogP contribution in [0.4, 0.5) is 5.69 Å². The van der Waals surface area contributed by atoms with Gasteiger partial charge in [0.25, 0.3) is 0 Å². The topological polar surface area (TPSA) is 27.0 Å². The van der Waals surface area contributed by atoms with Crippen molar-refractivity contribution in [3.8, 4) is 6.07 Å². The molecule has 0 amide bonds. The van der Waals surface area contributed by atoms with Gasteiger partial charge >= 0.3 is 0 Å². The van der Waals surface area contributed by atoms with Crippen LogP contribution in [0, 0.1) is 11.3 Å². The Morgan fingerprint density at radius 3 is 1.64 bits per heavy atom. The van der Waals surface area contributed by atoms with Gasteiger partial charge in [0, 0.05) is 25.4 Å². The third kappa shape index (κ3) is 3.62. The van der Waals surface area contributed by atoms with E-state index in [1.54, 1.807) is 0 Å². The molecule has 2 heteroatoms. The molecular formula is C23H20N2. The van der Waals surface area contributed by atoms with E-state index >= 15 is 0 Å². The van der Waals surface area contributed by atoms with Crippen LogP contribution in [0.5, 0.6) is 0 Å². The molecule has 0 saturated carbocycles. The van der Waals surface area contributed by atoms with Crippen molar-refractivity contribution in [1.82, 2.24) is 0 Å². The van der Waals surface area contributed by atoms with E-state index in [-0.39, 0.29) is 0 Å². The normalized spacial score (nSPS) is 11.4. The maximum absolute atomic E-state index is 9.90. The SMILES string of the molecule is CN(C)c1ccc(/C(=C(\C#N)c2ccccc2)c2ccccc2)cc1. The summed E-state index contributed by atoms with van der Waals surface area (Å²) < 4.78 is 0. The summed E-state index contributed by atoms with van der Waals surface area (Å²) in [4.78, 5) is 2.07. The zero-order chi connectivity index (χ0) is 17.6. The lowest BCUT2D eigenvalue weighted by atomic mass is 9.90. The molecule has 0 unspecified atom stereocenters. The predicted molar refractivity (Wildman–Crippen MR) is 105 cm³/mol. The second-order valence-electron chi connectivity index (χ2n) is 6.04. The zero-order valence-electron chi connectivity index (χ0n) is 14.5. The van der Waals surface area contributed by atoms with E-state index in [0.29, 0.717) is 5.57 Å². The van der Waals surface area contributed by atoms with Crippen molar-refractivity contribution in [2.45, 2.75) is 0 Å². The molecule has 0 aliphatic carbocycles. The van der Waals surface area contributed by atoms with Gasteiger partial charge in [-0.25, -0.2) is 0 Å².